The minimum atomic E-state index is -0.493. The van der Waals surface area contributed by atoms with Crippen LogP contribution >= 0.6 is 0 Å². The molecule has 116 valence electrons. The number of amides is 1. The molecule has 0 bridgehead atoms. The standard InChI is InChI=1S/C19H23NO2/c1-14-8-7-9-15(12-14)13-18(21)20-19(2,3)16-10-5-6-11-17(16)22-4/h5-12H,13H2,1-4H3,(H,20,21). The molecule has 2 aromatic carbocycles. The lowest BCUT2D eigenvalue weighted by Crippen LogP contribution is -2.42. The summed E-state index contributed by atoms with van der Waals surface area (Å²) in [6.45, 7) is 6.00. The number of hydrogen-bond acceptors (Lipinski definition) is 2. The van der Waals surface area contributed by atoms with Gasteiger partial charge in [0.15, 0.2) is 0 Å². The van der Waals surface area contributed by atoms with E-state index in [2.05, 4.69) is 5.32 Å². The van der Waals surface area contributed by atoms with Crippen molar-refractivity contribution in [1.29, 1.82) is 0 Å². The van der Waals surface area contributed by atoms with Crippen molar-refractivity contribution in [2.24, 2.45) is 0 Å². The van der Waals surface area contributed by atoms with Gasteiger partial charge in [0, 0.05) is 5.56 Å². The second-order valence-electron chi connectivity index (χ2n) is 6.04. The Morgan fingerprint density at radius 2 is 1.86 bits per heavy atom. The molecule has 0 aliphatic heterocycles. The van der Waals surface area contributed by atoms with E-state index >= 15 is 0 Å². The fourth-order valence-corrected chi connectivity index (χ4v) is 2.63. The van der Waals surface area contributed by atoms with E-state index in [0.717, 1.165) is 22.4 Å². The molecule has 0 aliphatic rings. The second-order valence-corrected chi connectivity index (χ2v) is 6.04. The summed E-state index contributed by atoms with van der Waals surface area (Å²) in [4.78, 5) is 12.4. The number of ether oxygens (including phenoxy) is 1. The summed E-state index contributed by atoms with van der Waals surface area (Å²) < 4.78 is 5.40. The van der Waals surface area contributed by atoms with Gasteiger partial charge >= 0.3 is 0 Å². The third kappa shape index (κ3) is 3.88. The lowest BCUT2D eigenvalue weighted by molar-refractivity contribution is -0.122. The van der Waals surface area contributed by atoms with Crippen molar-refractivity contribution in [3.63, 3.8) is 0 Å². The molecule has 0 saturated carbocycles. The number of hydrogen-bond donors (Lipinski definition) is 1. The number of aryl methyl sites for hydroxylation is 1. The van der Waals surface area contributed by atoms with Crippen LogP contribution in [0.3, 0.4) is 0 Å². The number of rotatable bonds is 5. The molecule has 2 aromatic rings. The zero-order valence-corrected chi connectivity index (χ0v) is 13.6. The molecular formula is C19H23NO2. The summed E-state index contributed by atoms with van der Waals surface area (Å²) in [5, 5.41) is 3.10. The molecule has 22 heavy (non-hydrogen) atoms. The maximum absolute atomic E-state index is 12.4. The van der Waals surface area contributed by atoms with Gasteiger partial charge in [0.05, 0.1) is 19.1 Å². The Hall–Kier alpha value is -2.29. The molecule has 0 fully saturated rings. The highest BCUT2D eigenvalue weighted by atomic mass is 16.5. The molecule has 0 aliphatic carbocycles. The topological polar surface area (TPSA) is 38.3 Å². The molecular weight excluding hydrogens is 274 g/mol. The molecule has 0 radical (unpaired) electrons. The van der Waals surface area contributed by atoms with Crippen LogP contribution in [0, 0.1) is 6.92 Å². The first-order valence-electron chi connectivity index (χ1n) is 7.42. The van der Waals surface area contributed by atoms with Crippen LogP contribution < -0.4 is 10.1 Å². The van der Waals surface area contributed by atoms with E-state index in [1.54, 1.807) is 7.11 Å². The van der Waals surface area contributed by atoms with Gasteiger partial charge in [0.2, 0.25) is 5.91 Å². The number of para-hydroxylation sites is 1. The highest BCUT2D eigenvalue weighted by Gasteiger charge is 2.26. The molecule has 0 spiro atoms. The van der Waals surface area contributed by atoms with Crippen molar-refractivity contribution in [2.45, 2.75) is 32.7 Å². The Morgan fingerprint density at radius 3 is 2.55 bits per heavy atom. The fourth-order valence-electron chi connectivity index (χ4n) is 2.63. The van der Waals surface area contributed by atoms with Gasteiger partial charge in [-0.3, -0.25) is 4.79 Å². The minimum Gasteiger partial charge on any atom is -0.496 e. The predicted octanol–water partition coefficient (Wildman–Crippen LogP) is 3.60. The van der Waals surface area contributed by atoms with Gasteiger partial charge < -0.3 is 10.1 Å². The van der Waals surface area contributed by atoms with Crippen LogP contribution in [0.1, 0.15) is 30.5 Å². The lowest BCUT2D eigenvalue weighted by atomic mass is 9.93. The number of nitrogens with one attached hydrogen (secondary N) is 1. The summed E-state index contributed by atoms with van der Waals surface area (Å²) >= 11 is 0. The molecule has 0 atom stereocenters. The van der Waals surface area contributed by atoms with E-state index in [9.17, 15) is 4.79 Å². The maximum Gasteiger partial charge on any atom is 0.225 e. The quantitative estimate of drug-likeness (QED) is 0.915. The summed E-state index contributed by atoms with van der Waals surface area (Å²) in [6.07, 6.45) is 0.375. The van der Waals surface area contributed by atoms with E-state index in [1.165, 1.54) is 0 Å². The highest BCUT2D eigenvalue weighted by Crippen LogP contribution is 2.29. The SMILES string of the molecule is COc1ccccc1C(C)(C)NC(=O)Cc1cccc(C)c1. The Bertz CT molecular complexity index is 662. The van der Waals surface area contributed by atoms with Gasteiger partial charge in [-0.25, -0.2) is 0 Å². The van der Waals surface area contributed by atoms with Crippen LogP contribution in [0.2, 0.25) is 0 Å². The Balaban J connectivity index is 2.12. The third-order valence-electron chi connectivity index (χ3n) is 3.68. The van der Waals surface area contributed by atoms with Crippen molar-refractivity contribution in [1.82, 2.24) is 5.32 Å². The van der Waals surface area contributed by atoms with Crippen LogP contribution in [0.25, 0.3) is 0 Å². The van der Waals surface area contributed by atoms with Crippen molar-refractivity contribution in [2.75, 3.05) is 7.11 Å². The predicted molar refractivity (Wildman–Crippen MR) is 89.0 cm³/mol. The smallest absolute Gasteiger partial charge is 0.225 e. The monoisotopic (exact) mass is 297 g/mol. The summed E-state index contributed by atoms with van der Waals surface area (Å²) in [6, 6.07) is 15.8. The zero-order valence-electron chi connectivity index (χ0n) is 13.6. The average molecular weight is 297 g/mol. The van der Waals surface area contributed by atoms with Crippen molar-refractivity contribution < 1.29 is 9.53 Å². The first-order valence-corrected chi connectivity index (χ1v) is 7.42. The normalized spacial score (nSPS) is 11.1. The van der Waals surface area contributed by atoms with E-state index in [-0.39, 0.29) is 5.91 Å². The van der Waals surface area contributed by atoms with Crippen LogP contribution in [0.4, 0.5) is 0 Å². The second kappa shape index (κ2) is 6.65. The van der Waals surface area contributed by atoms with Gasteiger partial charge in [-0.05, 0) is 32.4 Å². The van der Waals surface area contributed by atoms with Crippen molar-refractivity contribution in [3.05, 3.63) is 65.2 Å². The van der Waals surface area contributed by atoms with Crippen LogP contribution in [-0.2, 0) is 16.8 Å². The average Bonchev–Trinajstić information content (AvgIpc) is 2.46. The first kappa shape index (κ1) is 16.1. The van der Waals surface area contributed by atoms with Gasteiger partial charge in [-0.1, -0.05) is 48.0 Å². The molecule has 0 aromatic heterocycles. The molecule has 1 amide bonds. The van der Waals surface area contributed by atoms with Crippen LogP contribution in [0.15, 0.2) is 48.5 Å². The largest absolute Gasteiger partial charge is 0.496 e. The van der Waals surface area contributed by atoms with Gasteiger partial charge in [0.25, 0.3) is 0 Å². The molecule has 3 nitrogen and oxygen atoms in total. The number of carbonyl (C=O) groups is 1. The Kier molecular flexibility index (Phi) is 4.86. The van der Waals surface area contributed by atoms with Gasteiger partial charge in [-0.15, -0.1) is 0 Å². The number of benzene rings is 2. The van der Waals surface area contributed by atoms with Crippen LogP contribution in [-0.4, -0.2) is 13.0 Å². The molecule has 3 heteroatoms. The van der Waals surface area contributed by atoms with Crippen LogP contribution in [0.5, 0.6) is 5.75 Å². The fraction of sp³-hybridized carbons (Fsp3) is 0.316. The molecule has 0 saturated heterocycles. The molecule has 1 N–H and O–H groups in total. The van der Waals surface area contributed by atoms with Gasteiger partial charge in [-0.2, -0.15) is 0 Å². The van der Waals surface area contributed by atoms with Crippen molar-refractivity contribution in [3.8, 4) is 5.75 Å². The number of methoxy groups -OCH3 is 1. The lowest BCUT2D eigenvalue weighted by Gasteiger charge is -2.28. The number of carbonyl (C=O) groups excluding carboxylic acids is 1. The Labute approximate surface area is 132 Å². The highest BCUT2D eigenvalue weighted by molar-refractivity contribution is 5.79. The first-order chi connectivity index (χ1) is 10.4. The molecule has 0 heterocycles. The summed E-state index contributed by atoms with van der Waals surface area (Å²) in [5.41, 5.74) is 2.66. The van der Waals surface area contributed by atoms with E-state index in [0.29, 0.717) is 6.42 Å². The van der Waals surface area contributed by atoms with E-state index in [1.807, 2.05) is 69.3 Å². The maximum atomic E-state index is 12.4. The summed E-state index contributed by atoms with van der Waals surface area (Å²) in [7, 11) is 1.64. The molecule has 0 unspecified atom stereocenters. The van der Waals surface area contributed by atoms with Crippen molar-refractivity contribution >= 4 is 5.91 Å². The summed E-state index contributed by atoms with van der Waals surface area (Å²) in [5.74, 6) is 0.782. The molecule has 2 rings (SSSR count). The zero-order chi connectivity index (χ0) is 16.2. The van der Waals surface area contributed by atoms with Gasteiger partial charge in [0.1, 0.15) is 5.75 Å². The van der Waals surface area contributed by atoms with E-state index < -0.39 is 5.54 Å². The Morgan fingerprint density at radius 1 is 1.14 bits per heavy atom. The van der Waals surface area contributed by atoms with E-state index in [4.69, 9.17) is 4.74 Å². The third-order valence-corrected chi connectivity index (χ3v) is 3.68. The minimum absolute atomic E-state index is 0.00139.